The number of fused-ring (bicyclic) bond motifs is 1. The number of rotatable bonds is 5. The molecule has 138 valence electrons. The van der Waals surface area contributed by atoms with Crippen molar-refractivity contribution >= 4 is 5.91 Å². The Morgan fingerprint density at radius 3 is 2.92 bits per heavy atom. The first-order valence-electron chi connectivity index (χ1n) is 9.50. The van der Waals surface area contributed by atoms with E-state index in [4.69, 9.17) is 14.0 Å². The minimum Gasteiger partial charge on any atom is -0.380 e. The van der Waals surface area contributed by atoms with E-state index >= 15 is 0 Å². The second kappa shape index (κ2) is 6.72. The van der Waals surface area contributed by atoms with Gasteiger partial charge in [0.1, 0.15) is 11.3 Å². The molecule has 1 saturated carbocycles. The van der Waals surface area contributed by atoms with Gasteiger partial charge in [-0.1, -0.05) is 5.16 Å². The second-order valence-electron chi connectivity index (χ2n) is 8.00. The summed E-state index contributed by atoms with van der Waals surface area (Å²) in [4.78, 5) is 15.0. The maximum Gasteiger partial charge on any atom is 0.259 e. The molecular weight excluding hydrogens is 320 g/mol. The summed E-state index contributed by atoms with van der Waals surface area (Å²) in [6.45, 7) is 7.43. The lowest BCUT2D eigenvalue weighted by Gasteiger charge is -2.50. The van der Waals surface area contributed by atoms with Crippen LogP contribution < -0.4 is 0 Å². The summed E-state index contributed by atoms with van der Waals surface area (Å²) >= 11 is 0. The molecule has 1 amide bonds. The number of nitrogens with zero attached hydrogens (tertiary/aromatic N) is 2. The summed E-state index contributed by atoms with van der Waals surface area (Å²) in [6, 6.07) is 0. The first kappa shape index (κ1) is 17.0. The Morgan fingerprint density at radius 2 is 2.20 bits per heavy atom. The van der Waals surface area contributed by atoms with Gasteiger partial charge < -0.3 is 18.9 Å². The van der Waals surface area contributed by atoms with Gasteiger partial charge in [-0.05, 0) is 51.9 Å². The normalized spacial score (nSPS) is 29.5. The molecule has 2 aliphatic heterocycles. The fourth-order valence-corrected chi connectivity index (χ4v) is 4.33. The lowest BCUT2D eigenvalue weighted by molar-refractivity contribution is -0.147. The molecule has 6 nitrogen and oxygen atoms in total. The fourth-order valence-electron chi connectivity index (χ4n) is 4.33. The SMILES string of the molecule is Cc1noc(C)c1C(=O)N1CC[C@H]2OCCC[C@]2(COCC2CC2)C1. The summed E-state index contributed by atoms with van der Waals surface area (Å²) in [5.41, 5.74) is 1.22. The third-order valence-electron chi connectivity index (χ3n) is 5.96. The molecule has 1 aromatic rings. The second-order valence-corrected chi connectivity index (χ2v) is 8.00. The highest BCUT2D eigenvalue weighted by atomic mass is 16.5. The van der Waals surface area contributed by atoms with Gasteiger partial charge in [0.2, 0.25) is 0 Å². The molecule has 6 heteroatoms. The van der Waals surface area contributed by atoms with Gasteiger partial charge in [0.15, 0.2) is 0 Å². The van der Waals surface area contributed by atoms with Gasteiger partial charge in [0.05, 0.1) is 18.4 Å². The number of hydrogen-bond acceptors (Lipinski definition) is 5. The number of carbonyl (C=O) groups excluding carboxylic acids is 1. The average Bonchev–Trinajstić information content (AvgIpc) is 3.37. The number of aromatic nitrogens is 1. The van der Waals surface area contributed by atoms with Crippen molar-refractivity contribution in [2.45, 2.75) is 52.1 Å². The highest BCUT2D eigenvalue weighted by molar-refractivity contribution is 5.96. The van der Waals surface area contributed by atoms with Gasteiger partial charge in [0, 0.05) is 31.7 Å². The number of aryl methyl sites for hydroxylation is 2. The summed E-state index contributed by atoms with van der Waals surface area (Å²) in [7, 11) is 0. The summed E-state index contributed by atoms with van der Waals surface area (Å²) in [5.74, 6) is 1.38. The smallest absolute Gasteiger partial charge is 0.259 e. The summed E-state index contributed by atoms with van der Waals surface area (Å²) < 4.78 is 17.3. The van der Waals surface area contributed by atoms with Crippen molar-refractivity contribution in [1.29, 1.82) is 0 Å². The van der Waals surface area contributed by atoms with E-state index in [1.54, 1.807) is 6.92 Å². The van der Waals surface area contributed by atoms with E-state index in [0.29, 0.717) is 30.2 Å². The molecule has 3 heterocycles. The van der Waals surface area contributed by atoms with E-state index < -0.39 is 0 Å². The largest absolute Gasteiger partial charge is 0.380 e. The Labute approximate surface area is 148 Å². The van der Waals surface area contributed by atoms with Gasteiger partial charge in [-0.2, -0.15) is 0 Å². The quantitative estimate of drug-likeness (QED) is 0.819. The first-order valence-corrected chi connectivity index (χ1v) is 9.50. The molecule has 4 rings (SSSR count). The van der Waals surface area contributed by atoms with E-state index in [-0.39, 0.29) is 17.4 Å². The van der Waals surface area contributed by atoms with Crippen molar-refractivity contribution < 1.29 is 18.8 Å². The van der Waals surface area contributed by atoms with Crippen LogP contribution in [0.15, 0.2) is 4.52 Å². The molecule has 0 bridgehead atoms. The van der Waals surface area contributed by atoms with Gasteiger partial charge in [-0.25, -0.2) is 0 Å². The maximum absolute atomic E-state index is 13.1. The van der Waals surface area contributed by atoms with Crippen LogP contribution in [0, 0.1) is 25.2 Å². The predicted molar refractivity (Wildman–Crippen MR) is 91.4 cm³/mol. The van der Waals surface area contributed by atoms with Crippen LogP contribution in [0.5, 0.6) is 0 Å². The molecule has 0 aromatic carbocycles. The Bertz CT molecular complexity index is 620. The number of carbonyl (C=O) groups is 1. The number of amides is 1. The molecule has 0 spiro atoms. The number of ether oxygens (including phenoxy) is 2. The third-order valence-corrected chi connectivity index (χ3v) is 5.96. The standard InChI is InChI=1S/C19H28N2O4/c1-13-17(14(2)25-20-13)18(22)21-8-6-16-19(11-21,7-3-9-24-16)12-23-10-15-4-5-15/h15-16H,3-12H2,1-2H3/t16-,19-/m1/s1. The number of likely N-dealkylation sites (tertiary alicyclic amines) is 1. The van der Waals surface area contributed by atoms with Crippen molar-refractivity contribution in [2.24, 2.45) is 11.3 Å². The van der Waals surface area contributed by atoms with Crippen LogP contribution in [-0.4, -0.2) is 55.0 Å². The van der Waals surface area contributed by atoms with Gasteiger partial charge in [0.25, 0.3) is 5.91 Å². The molecule has 1 aromatic heterocycles. The Kier molecular flexibility index (Phi) is 4.58. The molecule has 2 atom stereocenters. The fraction of sp³-hybridized carbons (Fsp3) is 0.789. The van der Waals surface area contributed by atoms with Crippen LogP contribution in [0.1, 0.15) is 53.9 Å². The van der Waals surface area contributed by atoms with Crippen molar-refractivity contribution in [3.8, 4) is 0 Å². The zero-order chi connectivity index (χ0) is 17.4. The van der Waals surface area contributed by atoms with Gasteiger partial charge in [-0.15, -0.1) is 0 Å². The maximum atomic E-state index is 13.1. The van der Waals surface area contributed by atoms with Crippen molar-refractivity contribution in [3.05, 3.63) is 17.0 Å². The zero-order valence-corrected chi connectivity index (χ0v) is 15.3. The zero-order valence-electron chi connectivity index (χ0n) is 15.3. The highest BCUT2D eigenvalue weighted by Gasteiger charge is 2.47. The van der Waals surface area contributed by atoms with E-state index in [0.717, 1.165) is 44.9 Å². The van der Waals surface area contributed by atoms with Gasteiger partial charge >= 0.3 is 0 Å². The lowest BCUT2D eigenvalue weighted by Crippen LogP contribution is -2.58. The van der Waals surface area contributed by atoms with Crippen LogP contribution >= 0.6 is 0 Å². The number of piperidine rings is 1. The summed E-state index contributed by atoms with van der Waals surface area (Å²) in [5, 5.41) is 3.93. The van der Waals surface area contributed by atoms with E-state index in [2.05, 4.69) is 5.16 Å². The van der Waals surface area contributed by atoms with E-state index in [1.807, 2.05) is 11.8 Å². The van der Waals surface area contributed by atoms with E-state index in [9.17, 15) is 4.79 Å². The van der Waals surface area contributed by atoms with Crippen molar-refractivity contribution in [2.75, 3.05) is 32.9 Å². The molecule has 3 aliphatic rings. The molecular formula is C19H28N2O4. The van der Waals surface area contributed by atoms with Crippen molar-refractivity contribution in [3.63, 3.8) is 0 Å². The summed E-state index contributed by atoms with van der Waals surface area (Å²) in [6.07, 6.45) is 5.77. The van der Waals surface area contributed by atoms with Crippen LogP contribution in [-0.2, 0) is 9.47 Å². The predicted octanol–water partition coefficient (Wildman–Crippen LogP) is 2.73. The Morgan fingerprint density at radius 1 is 1.36 bits per heavy atom. The van der Waals surface area contributed by atoms with Crippen molar-refractivity contribution in [1.82, 2.24) is 10.1 Å². The molecule has 25 heavy (non-hydrogen) atoms. The van der Waals surface area contributed by atoms with Gasteiger partial charge in [-0.3, -0.25) is 4.79 Å². The third kappa shape index (κ3) is 3.34. The van der Waals surface area contributed by atoms with Crippen LogP contribution in [0.3, 0.4) is 0 Å². The van der Waals surface area contributed by atoms with Crippen LogP contribution in [0.25, 0.3) is 0 Å². The Balaban J connectivity index is 1.50. The van der Waals surface area contributed by atoms with E-state index in [1.165, 1.54) is 12.8 Å². The minimum atomic E-state index is -0.0694. The Hall–Kier alpha value is -1.40. The molecule has 0 unspecified atom stereocenters. The molecule has 0 radical (unpaired) electrons. The highest BCUT2D eigenvalue weighted by Crippen LogP contribution is 2.41. The molecule has 0 N–H and O–H groups in total. The monoisotopic (exact) mass is 348 g/mol. The van der Waals surface area contributed by atoms with Crippen LogP contribution in [0.2, 0.25) is 0 Å². The minimum absolute atomic E-state index is 0.0295. The molecule has 2 saturated heterocycles. The first-order chi connectivity index (χ1) is 12.1. The topological polar surface area (TPSA) is 64.8 Å². The molecule has 1 aliphatic carbocycles. The average molecular weight is 348 g/mol. The molecule has 3 fully saturated rings. The van der Waals surface area contributed by atoms with Crippen LogP contribution in [0.4, 0.5) is 0 Å². The lowest BCUT2D eigenvalue weighted by atomic mass is 9.73. The number of hydrogen-bond donors (Lipinski definition) is 0.